The summed E-state index contributed by atoms with van der Waals surface area (Å²) in [6.07, 6.45) is 3.53. The van der Waals surface area contributed by atoms with Crippen molar-refractivity contribution in [2.75, 3.05) is 27.2 Å². The second-order valence-corrected chi connectivity index (χ2v) is 6.00. The Morgan fingerprint density at radius 1 is 1.26 bits per heavy atom. The largest absolute Gasteiger partial charge is 0.347 e. The lowest BCUT2D eigenvalue weighted by Crippen LogP contribution is -2.49. The molecule has 0 bridgehead atoms. The van der Waals surface area contributed by atoms with Crippen molar-refractivity contribution in [3.8, 4) is 0 Å². The van der Waals surface area contributed by atoms with Gasteiger partial charge in [0, 0.05) is 32.6 Å². The van der Waals surface area contributed by atoms with Gasteiger partial charge in [-0.1, -0.05) is 0 Å². The average Bonchev–Trinajstić information content (AvgIpc) is 2.85. The van der Waals surface area contributed by atoms with Crippen LogP contribution < -0.4 is 5.32 Å². The molecule has 3 atom stereocenters. The van der Waals surface area contributed by atoms with Crippen molar-refractivity contribution < 1.29 is 9.59 Å². The van der Waals surface area contributed by atoms with Gasteiger partial charge in [-0.15, -0.1) is 0 Å². The first-order chi connectivity index (χ1) is 9.00. The molecule has 2 aliphatic rings. The van der Waals surface area contributed by atoms with Gasteiger partial charge in [-0.2, -0.15) is 0 Å². The molecule has 0 radical (unpaired) electrons. The molecule has 108 valence electrons. The van der Waals surface area contributed by atoms with Crippen LogP contribution in [0.2, 0.25) is 0 Å². The van der Waals surface area contributed by atoms with Gasteiger partial charge in [0.05, 0.1) is 0 Å². The number of nitrogens with zero attached hydrogens (tertiary/aromatic N) is 2. The number of carbonyl (C=O) groups excluding carboxylic acids is 2. The summed E-state index contributed by atoms with van der Waals surface area (Å²) in [6, 6.07) is 0.168. The second-order valence-electron chi connectivity index (χ2n) is 6.00. The number of carbonyl (C=O) groups is 2. The van der Waals surface area contributed by atoms with E-state index in [1.807, 2.05) is 4.90 Å². The highest BCUT2D eigenvalue weighted by Crippen LogP contribution is 2.25. The van der Waals surface area contributed by atoms with Gasteiger partial charge in [0.2, 0.25) is 11.8 Å². The predicted octanol–water partition coefficient (Wildman–Crippen LogP) is 0.454. The summed E-state index contributed by atoms with van der Waals surface area (Å²) in [5.74, 6) is 0.339. The molecule has 2 saturated heterocycles. The van der Waals surface area contributed by atoms with Crippen molar-refractivity contribution in [2.24, 2.45) is 5.92 Å². The highest BCUT2D eigenvalue weighted by Gasteiger charge is 2.38. The van der Waals surface area contributed by atoms with Crippen molar-refractivity contribution in [3.63, 3.8) is 0 Å². The quantitative estimate of drug-likeness (QED) is 0.790. The van der Waals surface area contributed by atoms with E-state index in [1.54, 1.807) is 19.0 Å². The molecule has 0 aromatic rings. The maximum absolute atomic E-state index is 12.6. The number of rotatable bonds is 2. The lowest BCUT2D eigenvalue weighted by Gasteiger charge is -2.33. The molecule has 2 amide bonds. The number of hydrogen-bond donors (Lipinski definition) is 1. The number of amides is 2. The minimum Gasteiger partial charge on any atom is -0.347 e. The molecule has 0 aliphatic carbocycles. The summed E-state index contributed by atoms with van der Waals surface area (Å²) in [5.41, 5.74) is 0. The van der Waals surface area contributed by atoms with Gasteiger partial charge in [-0.3, -0.25) is 9.59 Å². The number of likely N-dealkylation sites (tertiary alicyclic amines) is 1. The van der Waals surface area contributed by atoms with Crippen LogP contribution in [0.25, 0.3) is 0 Å². The number of piperidine rings is 1. The molecule has 2 heterocycles. The summed E-state index contributed by atoms with van der Waals surface area (Å²) < 4.78 is 0. The summed E-state index contributed by atoms with van der Waals surface area (Å²) in [6.45, 7) is 3.75. The van der Waals surface area contributed by atoms with E-state index in [9.17, 15) is 9.59 Å². The molecule has 1 unspecified atom stereocenters. The number of nitrogens with one attached hydrogen (secondary N) is 1. The minimum absolute atomic E-state index is 0.0628. The van der Waals surface area contributed by atoms with E-state index in [1.165, 1.54) is 0 Å². The van der Waals surface area contributed by atoms with Gasteiger partial charge in [0.1, 0.15) is 6.04 Å². The standard InChI is InChI=1S/C14H25N3O2/c1-10-9-11(6-7-15-10)13(18)17-8-4-5-12(17)14(19)16(2)3/h10-12,15H,4-9H2,1-3H3/t10-,11-,12?/m0/s1. The third-order valence-electron chi connectivity index (χ3n) is 4.23. The van der Waals surface area contributed by atoms with Crippen molar-refractivity contribution in [3.05, 3.63) is 0 Å². The maximum Gasteiger partial charge on any atom is 0.244 e. The van der Waals surface area contributed by atoms with Crippen molar-refractivity contribution in [2.45, 2.75) is 44.7 Å². The van der Waals surface area contributed by atoms with Crippen LogP contribution in [0.3, 0.4) is 0 Å². The Morgan fingerprint density at radius 2 is 2.00 bits per heavy atom. The van der Waals surface area contributed by atoms with Gasteiger partial charge >= 0.3 is 0 Å². The van der Waals surface area contributed by atoms with Crippen LogP contribution in [-0.2, 0) is 9.59 Å². The van der Waals surface area contributed by atoms with Gasteiger partial charge in [-0.25, -0.2) is 0 Å². The maximum atomic E-state index is 12.6. The molecular formula is C14H25N3O2. The Hall–Kier alpha value is -1.10. The van der Waals surface area contributed by atoms with Gasteiger partial charge < -0.3 is 15.1 Å². The van der Waals surface area contributed by atoms with Crippen molar-refractivity contribution in [1.82, 2.24) is 15.1 Å². The van der Waals surface area contributed by atoms with Crippen LogP contribution in [0.4, 0.5) is 0 Å². The molecule has 2 rings (SSSR count). The summed E-state index contributed by atoms with van der Waals surface area (Å²) in [4.78, 5) is 28.2. The second kappa shape index (κ2) is 5.90. The number of likely N-dealkylation sites (N-methyl/N-ethyl adjacent to an activating group) is 1. The van der Waals surface area contributed by atoms with Crippen LogP contribution >= 0.6 is 0 Å². The van der Waals surface area contributed by atoms with Gasteiger partial charge in [-0.05, 0) is 39.2 Å². The fraction of sp³-hybridized carbons (Fsp3) is 0.857. The molecule has 0 spiro atoms. The Labute approximate surface area is 115 Å². The molecule has 1 N–H and O–H groups in total. The average molecular weight is 267 g/mol. The summed E-state index contributed by atoms with van der Waals surface area (Å²) in [7, 11) is 3.52. The molecule has 0 aromatic heterocycles. The van der Waals surface area contributed by atoms with E-state index in [0.29, 0.717) is 6.04 Å². The normalized spacial score (nSPS) is 31.3. The van der Waals surface area contributed by atoms with E-state index in [-0.39, 0.29) is 23.8 Å². The highest BCUT2D eigenvalue weighted by atomic mass is 16.2. The van der Waals surface area contributed by atoms with E-state index in [0.717, 1.165) is 38.8 Å². The van der Waals surface area contributed by atoms with Crippen LogP contribution in [-0.4, -0.2) is 60.9 Å². The number of hydrogen-bond acceptors (Lipinski definition) is 3. The van der Waals surface area contributed by atoms with Gasteiger partial charge in [0.15, 0.2) is 0 Å². The summed E-state index contributed by atoms with van der Waals surface area (Å²) >= 11 is 0. The minimum atomic E-state index is -0.229. The molecule has 5 heteroatoms. The van der Waals surface area contributed by atoms with Crippen LogP contribution in [0, 0.1) is 5.92 Å². The molecule has 0 aromatic carbocycles. The first kappa shape index (κ1) is 14.3. The molecule has 2 aliphatic heterocycles. The molecule has 0 saturated carbocycles. The fourth-order valence-corrected chi connectivity index (χ4v) is 3.18. The predicted molar refractivity (Wildman–Crippen MR) is 73.6 cm³/mol. The lowest BCUT2D eigenvalue weighted by atomic mass is 9.91. The first-order valence-electron chi connectivity index (χ1n) is 7.25. The smallest absolute Gasteiger partial charge is 0.244 e. The van der Waals surface area contributed by atoms with Crippen molar-refractivity contribution in [1.29, 1.82) is 0 Å². The highest BCUT2D eigenvalue weighted by molar-refractivity contribution is 5.89. The third-order valence-corrected chi connectivity index (χ3v) is 4.23. The monoisotopic (exact) mass is 267 g/mol. The van der Waals surface area contributed by atoms with Crippen molar-refractivity contribution >= 4 is 11.8 Å². The SMILES string of the molecule is C[C@H]1C[C@@H](C(=O)N2CCCC2C(=O)N(C)C)CCN1. The van der Waals surface area contributed by atoms with Crippen LogP contribution in [0.15, 0.2) is 0 Å². The van der Waals surface area contributed by atoms with Gasteiger partial charge in [0.25, 0.3) is 0 Å². The van der Waals surface area contributed by atoms with Crippen LogP contribution in [0.5, 0.6) is 0 Å². The fourth-order valence-electron chi connectivity index (χ4n) is 3.18. The molecule has 2 fully saturated rings. The van der Waals surface area contributed by atoms with E-state index in [2.05, 4.69) is 12.2 Å². The Balaban J connectivity index is 2.03. The van der Waals surface area contributed by atoms with E-state index >= 15 is 0 Å². The topological polar surface area (TPSA) is 52.7 Å². The van der Waals surface area contributed by atoms with E-state index < -0.39 is 0 Å². The lowest BCUT2D eigenvalue weighted by molar-refractivity contribution is -0.145. The molecule has 5 nitrogen and oxygen atoms in total. The third kappa shape index (κ3) is 3.08. The summed E-state index contributed by atoms with van der Waals surface area (Å²) in [5, 5.41) is 3.36. The first-order valence-corrected chi connectivity index (χ1v) is 7.25. The zero-order chi connectivity index (χ0) is 14.0. The zero-order valence-corrected chi connectivity index (χ0v) is 12.2. The van der Waals surface area contributed by atoms with Crippen LogP contribution in [0.1, 0.15) is 32.6 Å². The molecular weight excluding hydrogens is 242 g/mol. The zero-order valence-electron chi connectivity index (χ0n) is 12.2. The Kier molecular flexibility index (Phi) is 4.45. The Bertz CT molecular complexity index is 357. The Morgan fingerprint density at radius 3 is 2.63 bits per heavy atom. The van der Waals surface area contributed by atoms with E-state index in [4.69, 9.17) is 0 Å². The molecule has 19 heavy (non-hydrogen) atoms.